The van der Waals surface area contributed by atoms with Gasteiger partial charge in [-0.2, -0.15) is 0 Å². The summed E-state index contributed by atoms with van der Waals surface area (Å²) in [7, 11) is -3.50. The molecule has 0 spiro atoms. The quantitative estimate of drug-likeness (QED) is 0.737. The Labute approximate surface area is 95.6 Å². The molecule has 0 aliphatic carbocycles. The van der Waals surface area contributed by atoms with E-state index in [1.807, 2.05) is 13.8 Å². The van der Waals surface area contributed by atoms with Crippen molar-refractivity contribution in [1.82, 2.24) is 9.62 Å². The van der Waals surface area contributed by atoms with E-state index in [4.69, 9.17) is 0 Å². The van der Waals surface area contributed by atoms with E-state index in [1.54, 1.807) is 6.08 Å². The smallest absolute Gasteiger partial charge is 0.245 e. The average Bonchev–Trinajstić information content (AvgIpc) is 2.58. The second-order valence-electron chi connectivity index (χ2n) is 4.65. The molecule has 1 amide bonds. The van der Waals surface area contributed by atoms with E-state index in [1.165, 1.54) is 0 Å². The minimum Gasteiger partial charge on any atom is -0.304 e. The second kappa shape index (κ2) is 3.56. The Morgan fingerprint density at radius 2 is 2.12 bits per heavy atom. The van der Waals surface area contributed by atoms with Crippen LogP contribution >= 0.6 is 0 Å². The Kier molecular flexibility index (Phi) is 2.58. The summed E-state index contributed by atoms with van der Waals surface area (Å²) in [6.45, 7) is 4.50. The molecule has 1 saturated heterocycles. The third-order valence-electron chi connectivity index (χ3n) is 3.10. The molecule has 0 aromatic carbocycles. The maximum Gasteiger partial charge on any atom is 0.245 e. The highest BCUT2D eigenvalue weighted by Gasteiger charge is 2.50. The van der Waals surface area contributed by atoms with Crippen LogP contribution in [0.25, 0.3) is 0 Å². The Morgan fingerprint density at radius 3 is 2.62 bits per heavy atom. The lowest BCUT2D eigenvalue weighted by atomic mass is 9.90. The molecular weight excluding hydrogens is 228 g/mol. The molecule has 0 aromatic rings. The van der Waals surface area contributed by atoms with Crippen LogP contribution in [0.3, 0.4) is 0 Å². The first-order valence-electron chi connectivity index (χ1n) is 5.31. The molecular formula is C10H16N2O3S. The summed E-state index contributed by atoms with van der Waals surface area (Å²) in [5, 5.41) is 3.16. The molecule has 0 saturated carbocycles. The molecule has 2 rings (SSSR count). The standard InChI is InChI=1S/C10H16N2O3S/c1-6(2)8-9-7(4-5-11-9)12(10(8)13)16(3,14)15/h4,6,8-9,11H,5H2,1-3H3/t8?,9-/m1/s1. The zero-order valence-corrected chi connectivity index (χ0v) is 10.4. The molecule has 2 atom stereocenters. The number of carbonyl (C=O) groups is 1. The topological polar surface area (TPSA) is 66.5 Å². The minimum atomic E-state index is -3.50. The van der Waals surface area contributed by atoms with Gasteiger partial charge in [-0.05, 0) is 12.0 Å². The van der Waals surface area contributed by atoms with Crippen LogP contribution in [0.4, 0.5) is 0 Å². The number of fused-ring (bicyclic) bond motifs is 1. The summed E-state index contributed by atoms with van der Waals surface area (Å²) < 4.78 is 24.1. The van der Waals surface area contributed by atoms with Crippen LogP contribution in [-0.2, 0) is 14.8 Å². The van der Waals surface area contributed by atoms with E-state index < -0.39 is 10.0 Å². The number of hydrogen-bond donors (Lipinski definition) is 1. The van der Waals surface area contributed by atoms with Gasteiger partial charge in [-0.25, -0.2) is 12.7 Å². The van der Waals surface area contributed by atoms with Crippen LogP contribution in [0.2, 0.25) is 0 Å². The monoisotopic (exact) mass is 244 g/mol. The predicted molar refractivity (Wildman–Crippen MR) is 59.9 cm³/mol. The van der Waals surface area contributed by atoms with Gasteiger partial charge in [0.2, 0.25) is 15.9 Å². The largest absolute Gasteiger partial charge is 0.304 e. The van der Waals surface area contributed by atoms with Crippen molar-refractivity contribution >= 4 is 15.9 Å². The van der Waals surface area contributed by atoms with Crippen molar-refractivity contribution in [1.29, 1.82) is 0 Å². The number of amides is 1. The molecule has 1 fully saturated rings. The summed E-state index contributed by atoms with van der Waals surface area (Å²) in [6, 6.07) is -0.137. The van der Waals surface area contributed by atoms with Crippen molar-refractivity contribution < 1.29 is 13.2 Å². The predicted octanol–water partition coefficient (Wildman–Crippen LogP) is -0.0839. The number of nitrogens with one attached hydrogen (secondary N) is 1. The van der Waals surface area contributed by atoms with Crippen LogP contribution in [0.1, 0.15) is 13.8 Å². The van der Waals surface area contributed by atoms with Gasteiger partial charge in [-0.15, -0.1) is 0 Å². The van der Waals surface area contributed by atoms with Gasteiger partial charge in [-0.1, -0.05) is 13.8 Å². The minimum absolute atomic E-state index is 0.123. The van der Waals surface area contributed by atoms with E-state index in [0.717, 1.165) is 10.6 Å². The lowest BCUT2D eigenvalue weighted by Crippen LogP contribution is -2.36. The highest BCUT2D eigenvalue weighted by molar-refractivity contribution is 7.89. The molecule has 5 nitrogen and oxygen atoms in total. The molecule has 2 aliphatic rings. The van der Waals surface area contributed by atoms with Gasteiger partial charge in [0.05, 0.1) is 23.9 Å². The van der Waals surface area contributed by atoms with E-state index in [9.17, 15) is 13.2 Å². The van der Waals surface area contributed by atoms with Crippen molar-refractivity contribution in [3.63, 3.8) is 0 Å². The lowest BCUT2D eigenvalue weighted by molar-refractivity contribution is -0.127. The van der Waals surface area contributed by atoms with Crippen molar-refractivity contribution in [2.45, 2.75) is 19.9 Å². The van der Waals surface area contributed by atoms with Gasteiger partial charge >= 0.3 is 0 Å². The lowest BCUT2D eigenvalue weighted by Gasteiger charge is -2.18. The molecule has 6 heteroatoms. The van der Waals surface area contributed by atoms with Gasteiger partial charge in [-0.3, -0.25) is 4.79 Å². The maximum absolute atomic E-state index is 12.1. The first kappa shape index (κ1) is 11.6. The Hall–Kier alpha value is -0.880. The Balaban J connectivity index is 2.47. The number of nitrogens with zero attached hydrogens (tertiary/aromatic N) is 1. The fourth-order valence-corrected chi connectivity index (χ4v) is 3.49. The molecule has 2 heterocycles. The summed E-state index contributed by atoms with van der Waals surface area (Å²) in [4.78, 5) is 12.1. The normalized spacial score (nSPS) is 29.9. The molecule has 1 N–H and O–H groups in total. The molecule has 16 heavy (non-hydrogen) atoms. The summed E-state index contributed by atoms with van der Waals surface area (Å²) in [5.41, 5.74) is 0.603. The maximum atomic E-state index is 12.1. The molecule has 0 bridgehead atoms. The second-order valence-corrected chi connectivity index (χ2v) is 6.48. The Morgan fingerprint density at radius 1 is 1.50 bits per heavy atom. The van der Waals surface area contributed by atoms with Crippen LogP contribution in [0, 0.1) is 11.8 Å². The van der Waals surface area contributed by atoms with Gasteiger partial charge < -0.3 is 5.32 Å². The average molecular weight is 244 g/mol. The highest BCUT2D eigenvalue weighted by Crippen LogP contribution is 2.36. The summed E-state index contributed by atoms with van der Waals surface area (Å²) in [6.07, 6.45) is 2.86. The zero-order chi connectivity index (χ0) is 12.1. The first-order valence-corrected chi connectivity index (χ1v) is 7.16. The molecule has 0 aromatic heterocycles. The van der Waals surface area contributed by atoms with Crippen LogP contribution < -0.4 is 5.32 Å². The summed E-state index contributed by atoms with van der Waals surface area (Å²) in [5.74, 6) is -0.456. The number of hydrogen-bond acceptors (Lipinski definition) is 4. The molecule has 1 unspecified atom stereocenters. The third-order valence-corrected chi connectivity index (χ3v) is 4.15. The fourth-order valence-electron chi connectivity index (χ4n) is 2.47. The summed E-state index contributed by atoms with van der Waals surface area (Å²) >= 11 is 0. The van der Waals surface area contributed by atoms with Gasteiger partial charge in [0.1, 0.15) is 0 Å². The number of rotatable bonds is 2. The van der Waals surface area contributed by atoms with Crippen LogP contribution in [0.15, 0.2) is 11.8 Å². The van der Waals surface area contributed by atoms with E-state index in [-0.39, 0.29) is 23.8 Å². The van der Waals surface area contributed by atoms with Crippen LogP contribution in [0.5, 0.6) is 0 Å². The van der Waals surface area contributed by atoms with E-state index >= 15 is 0 Å². The molecule has 90 valence electrons. The van der Waals surface area contributed by atoms with E-state index in [0.29, 0.717) is 12.2 Å². The van der Waals surface area contributed by atoms with Crippen molar-refractivity contribution in [3.8, 4) is 0 Å². The Bertz CT molecular complexity index is 453. The first-order chi connectivity index (χ1) is 7.34. The van der Waals surface area contributed by atoms with Crippen molar-refractivity contribution in [3.05, 3.63) is 11.8 Å². The number of carbonyl (C=O) groups excluding carboxylic acids is 1. The molecule has 0 radical (unpaired) electrons. The number of sulfonamides is 1. The van der Waals surface area contributed by atoms with E-state index in [2.05, 4.69) is 5.32 Å². The SMILES string of the molecule is CC(C)C1C(=O)N(S(C)(=O)=O)C2=CCN[C@H]21. The fraction of sp³-hybridized carbons (Fsp3) is 0.700. The van der Waals surface area contributed by atoms with Crippen molar-refractivity contribution in [2.75, 3.05) is 12.8 Å². The van der Waals surface area contributed by atoms with Gasteiger partial charge in [0, 0.05) is 6.54 Å². The van der Waals surface area contributed by atoms with Crippen LogP contribution in [-0.4, -0.2) is 37.5 Å². The zero-order valence-electron chi connectivity index (χ0n) is 9.60. The van der Waals surface area contributed by atoms with Gasteiger partial charge in [0.15, 0.2) is 0 Å². The molecule has 2 aliphatic heterocycles. The highest BCUT2D eigenvalue weighted by atomic mass is 32.2. The van der Waals surface area contributed by atoms with Crippen molar-refractivity contribution in [2.24, 2.45) is 11.8 Å². The van der Waals surface area contributed by atoms with Gasteiger partial charge in [0.25, 0.3) is 0 Å². The third kappa shape index (κ3) is 1.56.